The quantitative estimate of drug-likeness (QED) is 0.246. The molecule has 3 rings (SSSR count). The zero-order valence-corrected chi connectivity index (χ0v) is 19.8. The number of aromatic nitrogens is 2. The second-order valence-corrected chi connectivity index (χ2v) is 7.20. The van der Waals surface area contributed by atoms with Gasteiger partial charge in [-0.3, -0.25) is 9.67 Å². The van der Waals surface area contributed by atoms with E-state index in [0.717, 1.165) is 49.8 Å². The van der Waals surface area contributed by atoms with Crippen molar-refractivity contribution in [1.82, 2.24) is 20.4 Å². The normalized spacial score (nSPS) is 16.4. The summed E-state index contributed by atoms with van der Waals surface area (Å²) in [7, 11) is 1.79. The molecule has 7 nitrogen and oxygen atoms in total. The number of rotatable bonds is 8. The number of benzene rings is 1. The molecule has 1 aromatic heterocycles. The van der Waals surface area contributed by atoms with Gasteiger partial charge in [0, 0.05) is 44.9 Å². The van der Waals surface area contributed by atoms with Crippen LogP contribution in [0.5, 0.6) is 5.75 Å². The number of ether oxygens (including phenoxy) is 2. The molecule has 8 heteroatoms. The highest BCUT2D eigenvalue weighted by molar-refractivity contribution is 14.0. The zero-order chi connectivity index (χ0) is 19.8. The third kappa shape index (κ3) is 7.50. The molecule has 2 aromatic rings. The van der Waals surface area contributed by atoms with Gasteiger partial charge in [0.25, 0.3) is 0 Å². The van der Waals surface area contributed by atoms with Crippen LogP contribution in [0.1, 0.15) is 29.5 Å². The van der Waals surface area contributed by atoms with Crippen molar-refractivity contribution in [2.75, 3.05) is 26.8 Å². The first-order valence-corrected chi connectivity index (χ1v) is 9.91. The molecule has 0 saturated carbocycles. The summed E-state index contributed by atoms with van der Waals surface area (Å²) in [4.78, 5) is 4.31. The van der Waals surface area contributed by atoms with Crippen LogP contribution < -0.4 is 15.4 Å². The number of nitrogens with zero attached hydrogens (tertiary/aromatic N) is 3. The first kappa shape index (κ1) is 23.5. The lowest BCUT2D eigenvalue weighted by molar-refractivity contribution is 0.140. The summed E-state index contributed by atoms with van der Waals surface area (Å²) in [6.45, 7) is 7.94. The number of hydrogen-bond acceptors (Lipinski definition) is 4. The topological polar surface area (TPSA) is 72.7 Å². The highest BCUT2D eigenvalue weighted by atomic mass is 127. The minimum absolute atomic E-state index is 0. The average molecular weight is 513 g/mol. The van der Waals surface area contributed by atoms with Gasteiger partial charge in [0.15, 0.2) is 5.96 Å². The molecule has 0 aliphatic carbocycles. The van der Waals surface area contributed by atoms with Crippen molar-refractivity contribution >= 4 is 29.9 Å². The summed E-state index contributed by atoms with van der Waals surface area (Å²) < 4.78 is 13.6. The van der Waals surface area contributed by atoms with Crippen LogP contribution in [0.4, 0.5) is 0 Å². The summed E-state index contributed by atoms with van der Waals surface area (Å²) in [5.74, 6) is 1.71. The van der Waals surface area contributed by atoms with E-state index >= 15 is 0 Å². The zero-order valence-electron chi connectivity index (χ0n) is 17.5. The summed E-state index contributed by atoms with van der Waals surface area (Å²) >= 11 is 0. The van der Waals surface area contributed by atoms with Gasteiger partial charge in [-0.1, -0.05) is 12.1 Å². The first-order chi connectivity index (χ1) is 13.6. The highest BCUT2D eigenvalue weighted by Gasteiger charge is 2.18. The number of hydrogen-bond donors (Lipinski definition) is 2. The highest BCUT2D eigenvalue weighted by Crippen LogP contribution is 2.23. The summed E-state index contributed by atoms with van der Waals surface area (Å²) in [5, 5.41) is 11.0. The first-order valence-electron chi connectivity index (χ1n) is 9.91. The maximum atomic E-state index is 6.17. The molecule has 1 fully saturated rings. The van der Waals surface area contributed by atoms with Gasteiger partial charge >= 0.3 is 0 Å². The molecule has 1 saturated heterocycles. The fourth-order valence-corrected chi connectivity index (χ4v) is 3.14. The number of nitrogens with one attached hydrogen (secondary N) is 2. The minimum atomic E-state index is 0. The van der Waals surface area contributed by atoms with Crippen molar-refractivity contribution < 1.29 is 9.47 Å². The predicted octanol–water partition coefficient (Wildman–Crippen LogP) is 3.04. The molecule has 0 spiro atoms. The van der Waals surface area contributed by atoms with Crippen LogP contribution in [0.25, 0.3) is 0 Å². The fraction of sp³-hybridized carbons (Fsp3) is 0.524. The van der Waals surface area contributed by atoms with E-state index in [2.05, 4.69) is 59.0 Å². The van der Waals surface area contributed by atoms with Crippen LogP contribution in [0.2, 0.25) is 0 Å². The van der Waals surface area contributed by atoms with Crippen molar-refractivity contribution in [3.63, 3.8) is 0 Å². The SMILES string of the molecule is CN=C(NCCCn1cc(C)cn1)NCc1ccc(C)cc1OC1CCOC1.I. The molecule has 1 unspecified atom stereocenters. The van der Waals surface area contributed by atoms with Crippen LogP contribution in [-0.2, 0) is 17.8 Å². The largest absolute Gasteiger partial charge is 0.488 e. The lowest BCUT2D eigenvalue weighted by atomic mass is 10.1. The minimum Gasteiger partial charge on any atom is -0.488 e. The average Bonchev–Trinajstić information content (AvgIpc) is 3.34. The standard InChI is InChI=1S/C21H31N5O2.HI/c1-16-5-6-18(20(11-16)28-19-7-10-27-15-19)13-24-21(22-3)23-8-4-9-26-14-17(2)12-25-26;/h5-6,11-12,14,19H,4,7-10,13,15H2,1-3H3,(H2,22,23,24);1H. The monoisotopic (exact) mass is 513 g/mol. The Morgan fingerprint density at radius 1 is 1.31 bits per heavy atom. The van der Waals surface area contributed by atoms with E-state index < -0.39 is 0 Å². The van der Waals surface area contributed by atoms with Crippen LogP contribution in [-0.4, -0.2) is 48.7 Å². The van der Waals surface area contributed by atoms with Gasteiger partial charge in [0.1, 0.15) is 11.9 Å². The van der Waals surface area contributed by atoms with Crippen molar-refractivity contribution in [3.05, 3.63) is 47.3 Å². The lowest BCUT2D eigenvalue weighted by Crippen LogP contribution is -2.37. The Morgan fingerprint density at radius 3 is 2.86 bits per heavy atom. The number of halogens is 1. The number of aryl methyl sites for hydroxylation is 3. The molecule has 0 bridgehead atoms. The van der Waals surface area contributed by atoms with E-state index in [4.69, 9.17) is 9.47 Å². The van der Waals surface area contributed by atoms with Gasteiger partial charge in [-0.05, 0) is 37.5 Å². The van der Waals surface area contributed by atoms with Gasteiger partial charge in [-0.25, -0.2) is 0 Å². The Morgan fingerprint density at radius 2 is 2.17 bits per heavy atom. The molecule has 2 N–H and O–H groups in total. The molecular formula is C21H32IN5O2. The van der Waals surface area contributed by atoms with Gasteiger partial charge in [-0.15, -0.1) is 24.0 Å². The van der Waals surface area contributed by atoms with E-state index in [1.54, 1.807) is 7.05 Å². The maximum Gasteiger partial charge on any atom is 0.191 e. The fourth-order valence-electron chi connectivity index (χ4n) is 3.14. The maximum absolute atomic E-state index is 6.17. The van der Waals surface area contributed by atoms with E-state index in [0.29, 0.717) is 13.2 Å². The molecule has 0 amide bonds. The van der Waals surface area contributed by atoms with Crippen LogP contribution in [0.3, 0.4) is 0 Å². The Hall–Kier alpha value is -1.81. The molecule has 1 atom stereocenters. The summed E-state index contributed by atoms with van der Waals surface area (Å²) in [6.07, 6.45) is 6.00. The molecule has 1 aromatic carbocycles. The van der Waals surface area contributed by atoms with Gasteiger partial charge in [-0.2, -0.15) is 5.10 Å². The summed E-state index contributed by atoms with van der Waals surface area (Å²) in [5.41, 5.74) is 3.49. The van der Waals surface area contributed by atoms with Crippen molar-refractivity contribution in [2.24, 2.45) is 4.99 Å². The van der Waals surface area contributed by atoms with E-state index in [9.17, 15) is 0 Å². The molecule has 2 heterocycles. The molecule has 1 aliphatic rings. The molecule has 0 radical (unpaired) electrons. The molecule has 160 valence electrons. The number of aliphatic imine (C=N–C) groups is 1. The van der Waals surface area contributed by atoms with Gasteiger partial charge in [0.05, 0.1) is 19.4 Å². The lowest BCUT2D eigenvalue weighted by Gasteiger charge is -2.18. The van der Waals surface area contributed by atoms with Crippen LogP contribution >= 0.6 is 24.0 Å². The van der Waals surface area contributed by atoms with E-state index in [1.807, 2.05) is 10.9 Å². The third-order valence-corrected chi connectivity index (χ3v) is 4.69. The second-order valence-electron chi connectivity index (χ2n) is 7.20. The van der Waals surface area contributed by atoms with Crippen LogP contribution in [0, 0.1) is 13.8 Å². The molecule has 29 heavy (non-hydrogen) atoms. The second kappa shape index (κ2) is 12.0. The Labute approximate surface area is 190 Å². The molecular weight excluding hydrogens is 481 g/mol. The van der Waals surface area contributed by atoms with Gasteiger partial charge in [0.2, 0.25) is 0 Å². The predicted molar refractivity (Wildman–Crippen MR) is 126 cm³/mol. The van der Waals surface area contributed by atoms with E-state index in [-0.39, 0.29) is 30.1 Å². The Kier molecular flexibility index (Phi) is 9.72. The van der Waals surface area contributed by atoms with E-state index in [1.165, 1.54) is 11.1 Å². The molecule has 1 aliphatic heterocycles. The smallest absolute Gasteiger partial charge is 0.191 e. The van der Waals surface area contributed by atoms with Crippen molar-refractivity contribution in [3.8, 4) is 5.75 Å². The van der Waals surface area contributed by atoms with Gasteiger partial charge < -0.3 is 20.1 Å². The number of guanidine groups is 1. The van der Waals surface area contributed by atoms with Crippen molar-refractivity contribution in [2.45, 2.75) is 45.9 Å². The summed E-state index contributed by atoms with van der Waals surface area (Å²) in [6, 6.07) is 6.32. The van der Waals surface area contributed by atoms with Crippen molar-refractivity contribution in [1.29, 1.82) is 0 Å². The Balaban J connectivity index is 0.00000300. The third-order valence-electron chi connectivity index (χ3n) is 4.69. The van der Waals surface area contributed by atoms with Crippen LogP contribution in [0.15, 0.2) is 35.6 Å². The Bertz CT molecular complexity index is 787.